The highest BCUT2D eigenvalue weighted by Gasteiger charge is 2.14. The van der Waals surface area contributed by atoms with Crippen molar-refractivity contribution in [2.45, 2.75) is 0 Å². The summed E-state index contributed by atoms with van der Waals surface area (Å²) in [5.74, 6) is 1.70. The number of fused-ring (bicyclic) bond motifs is 1. The Morgan fingerprint density at radius 2 is 1.76 bits per heavy atom. The minimum Gasteiger partial charge on any atom is -0.497 e. The van der Waals surface area contributed by atoms with E-state index in [9.17, 15) is 0 Å². The largest absolute Gasteiger partial charge is 0.497 e. The van der Waals surface area contributed by atoms with Crippen molar-refractivity contribution in [2.75, 3.05) is 20.0 Å². The monoisotopic (exact) mass is 303 g/mol. The molecule has 2 aromatic carbocycles. The van der Waals surface area contributed by atoms with E-state index >= 15 is 0 Å². The van der Waals surface area contributed by atoms with E-state index < -0.39 is 0 Å². The van der Waals surface area contributed by atoms with Crippen molar-refractivity contribution < 1.29 is 9.47 Å². The molecule has 0 aliphatic rings. The van der Waals surface area contributed by atoms with Gasteiger partial charge in [-0.1, -0.05) is 17.7 Å². The zero-order valence-corrected chi connectivity index (χ0v) is 12.4. The van der Waals surface area contributed by atoms with Crippen molar-refractivity contribution in [2.24, 2.45) is 0 Å². The summed E-state index contributed by atoms with van der Waals surface area (Å²) >= 11 is 6.17. The molecule has 5 nitrogen and oxygen atoms in total. The fourth-order valence-electron chi connectivity index (χ4n) is 2.28. The molecule has 1 aromatic heterocycles. The lowest BCUT2D eigenvalue weighted by atomic mass is 10.2. The average molecular weight is 304 g/mol. The van der Waals surface area contributed by atoms with Crippen molar-refractivity contribution in [3.8, 4) is 17.2 Å². The van der Waals surface area contributed by atoms with Crippen molar-refractivity contribution in [3.63, 3.8) is 0 Å². The fraction of sp³-hybridized carbons (Fsp3) is 0.133. The minimum atomic E-state index is 0.355. The second kappa shape index (κ2) is 5.18. The molecular weight excluding hydrogens is 290 g/mol. The quantitative estimate of drug-likeness (QED) is 0.806. The van der Waals surface area contributed by atoms with Gasteiger partial charge in [-0.2, -0.15) is 0 Å². The van der Waals surface area contributed by atoms with Gasteiger partial charge >= 0.3 is 0 Å². The highest BCUT2D eigenvalue weighted by molar-refractivity contribution is 6.35. The first-order chi connectivity index (χ1) is 10.1. The molecule has 0 saturated carbocycles. The van der Waals surface area contributed by atoms with Crippen LogP contribution in [0.25, 0.3) is 16.7 Å². The zero-order chi connectivity index (χ0) is 15.0. The predicted molar refractivity (Wildman–Crippen MR) is 83.6 cm³/mol. The van der Waals surface area contributed by atoms with E-state index in [4.69, 9.17) is 26.8 Å². The molecule has 0 bridgehead atoms. The second-order valence-electron chi connectivity index (χ2n) is 4.48. The van der Waals surface area contributed by atoms with E-state index in [-0.39, 0.29) is 0 Å². The first-order valence-electron chi connectivity index (χ1n) is 6.30. The van der Waals surface area contributed by atoms with E-state index in [1.54, 1.807) is 26.4 Å². The topological polar surface area (TPSA) is 62.3 Å². The van der Waals surface area contributed by atoms with Crippen LogP contribution in [0, 0.1) is 0 Å². The molecule has 0 spiro atoms. The number of aromatic nitrogens is 2. The van der Waals surface area contributed by atoms with Gasteiger partial charge in [0.2, 0.25) is 5.95 Å². The molecule has 6 heteroatoms. The number of nitrogen functional groups attached to an aromatic ring is 1. The molecule has 0 aliphatic heterocycles. The maximum atomic E-state index is 6.17. The van der Waals surface area contributed by atoms with Crippen LogP contribution in [0.5, 0.6) is 11.5 Å². The van der Waals surface area contributed by atoms with Crippen LogP contribution < -0.4 is 15.2 Å². The van der Waals surface area contributed by atoms with Gasteiger partial charge in [-0.25, -0.2) is 4.98 Å². The lowest BCUT2D eigenvalue weighted by molar-refractivity contribution is 0.394. The number of hydrogen-bond donors (Lipinski definition) is 1. The van der Waals surface area contributed by atoms with Crippen LogP contribution in [0.3, 0.4) is 0 Å². The molecule has 0 amide bonds. The van der Waals surface area contributed by atoms with E-state index in [1.165, 1.54) is 0 Å². The van der Waals surface area contributed by atoms with Gasteiger partial charge in [-0.3, -0.25) is 4.57 Å². The van der Waals surface area contributed by atoms with Crippen molar-refractivity contribution in [3.05, 3.63) is 41.4 Å². The number of imidazole rings is 1. The molecule has 0 saturated heterocycles. The number of para-hydroxylation sites is 1. The maximum Gasteiger partial charge on any atom is 0.205 e. The van der Waals surface area contributed by atoms with Crippen molar-refractivity contribution in [1.82, 2.24) is 9.55 Å². The predicted octanol–water partition coefficient (Wildman–Crippen LogP) is 3.28. The van der Waals surface area contributed by atoms with Crippen LogP contribution in [-0.2, 0) is 0 Å². The van der Waals surface area contributed by atoms with Gasteiger partial charge in [0.25, 0.3) is 0 Å². The third kappa shape index (κ3) is 2.25. The Morgan fingerprint density at radius 1 is 1.10 bits per heavy atom. The molecule has 2 N–H and O–H groups in total. The van der Waals surface area contributed by atoms with Gasteiger partial charge in [-0.05, 0) is 12.1 Å². The molecule has 108 valence electrons. The van der Waals surface area contributed by atoms with Crippen molar-refractivity contribution in [1.29, 1.82) is 0 Å². The van der Waals surface area contributed by atoms with Crippen LogP contribution in [0.2, 0.25) is 5.02 Å². The van der Waals surface area contributed by atoms with Crippen LogP contribution >= 0.6 is 11.6 Å². The Kier molecular flexibility index (Phi) is 3.35. The summed E-state index contributed by atoms with van der Waals surface area (Å²) in [6.45, 7) is 0. The number of halogens is 1. The standard InChI is InChI=1S/C15H14ClN3O2/c1-20-10-6-9(7-11(8-10)21-2)19-13-5-3-4-12(16)14(13)18-15(19)17/h3-8H,1-2H3,(H2,17,18). The first kappa shape index (κ1) is 13.6. The third-order valence-electron chi connectivity index (χ3n) is 3.26. The van der Waals surface area contributed by atoms with Gasteiger partial charge in [0, 0.05) is 18.2 Å². The minimum absolute atomic E-state index is 0.355. The highest BCUT2D eigenvalue weighted by Crippen LogP contribution is 2.31. The number of ether oxygens (including phenoxy) is 2. The Bertz CT molecular complexity index is 792. The van der Waals surface area contributed by atoms with E-state index in [2.05, 4.69) is 4.98 Å². The average Bonchev–Trinajstić information content (AvgIpc) is 2.84. The number of benzene rings is 2. The summed E-state index contributed by atoms with van der Waals surface area (Å²) in [5.41, 5.74) is 8.34. The van der Waals surface area contributed by atoms with Gasteiger partial charge in [0.1, 0.15) is 17.0 Å². The number of nitrogens with two attached hydrogens (primary N) is 1. The molecule has 0 radical (unpaired) electrons. The molecule has 0 atom stereocenters. The molecule has 21 heavy (non-hydrogen) atoms. The lowest BCUT2D eigenvalue weighted by Crippen LogP contribution is -2.01. The Hall–Kier alpha value is -2.40. The molecule has 1 heterocycles. The Morgan fingerprint density at radius 3 is 2.38 bits per heavy atom. The molecule has 3 rings (SSSR count). The SMILES string of the molecule is COc1cc(OC)cc(-n2c(N)nc3c(Cl)cccc32)c1. The third-order valence-corrected chi connectivity index (χ3v) is 3.56. The molecule has 0 unspecified atom stereocenters. The summed E-state index contributed by atoms with van der Waals surface area (Å²) < 4.78 is 12.4. The highest BCUT2D eigenvalue weighted by atomic mass is 35.5. The van der Waals surface area contributed by atoms with Gasteiger partial charge in [-0.15, -0.1) is 0 Å². The number of anilines is 1. The number of methoxy groups -OCH3 is 2. The summed E-state index contributed by atoms with van der Waals surface area (Å²) in [7, 11) is 3.20. The van der Waals surface area contributed by atoms with Crippen LogP contribution in [-0.4, -0.2) is 23.8 Å². The van der Waals surface area contributed by atoms with Gasteiger partial charge < -0.3 is 15.2 Å². The van der Waals surface area contributed by atoms with E-state index in [0.717, 1.165) is 11.2 Å². The number of hydrogen-bond acceptors (Lipinski definition) is 4. The Balaban J connectivity index is 2.30. The fourth-order valence-corrected chi connectivity index (χ4v) is 2.49. The summed E-state index contributed by atoms with van der Waals surface area (Å²) in [6.07, 6.45) is 0. The summed E-state index contributed by atoms with van der Waals surface area (Å²) in [6, 6.07) is 11.1. The number of rotatable bonds is 3. The van der Waals surface area contributed by atoms with Crippen LogP contribution in [0.15, 0.2) is 36.4 Å². The second-order valence-corrected chi connectivity index (χ2v) is 4.89. The molecular formula is C15H14ClN3O2. The maximum absolute atomic E-state index is 6.17. The zero-order valence-electron chi connectivity index (χ0n) is 11.6. The van der Waals surface area contributed by atoms with Crippen LogP contribution in [0.1, 0.15) is 0 Å². The Labute approximate surface area is 126 Å². The molecule has 3 aromatic rings. The van der Waals surface area contributed by atoms with E-state index in [0.29, 0.717) is 28.0 Å². The van der Waals surface area contributed by atoms with Gasteiger partial charge in [0.05, 0.1) is 30.4 Å². The molecule has 0 aliphatic carbocycles. The van der Waals surface area contributed by atoms with E-state index in [1.807, 2.05) is 28.8 Å². The lowest BCUT2D eigenvalue weighted by Gasteiger charge is -2.11. The van der Waals surface area contributed by atoms with Crippen molar-refractivity contribution >= 4 is 28.6 Å². The normalized spacial score (nSPS) is 10.8. The summed E-state index contributed by atoms with van der Waals surface area (Å²) in [4.78, 5) is 4.33. The summed E-state index contributed by atoms with van der Waals surface area (Å²) in [5, 5.41) is 0.563. The number of nitrogens with zero attached hydrogens (tertiary/aromatic N) is 2. The van der Waals surface area contributed by atoms with Crippen LogP contribution in [0.4, 0.5) is 5.95 Å². The smallest absolute Gasteiger partial charge is 0.205 e. The van der Waals surface area contributed by atoms with Gasteiger partial charge in [0.15, 0.2) is 0 Å². The molecule has 0 fully saturated rings. The first-order valence-corrected chi connectivity index (χ1v) is 6.67.